The molecule has 2 rings (SSSR count). The van der Waals surface area contributed by atoms with Crippen molar-refractivity contribution in [1.82, 2.24) is 0 Å². The lowest BCUT2D eigenvalue weighted by molar-refractivity contribution is 1.44. The number of thioether (sulfide) groups is 1. The second-order valence-electron chi connectivity index (χ2n) is 4.53. The molecule has 0 spiro atoms. The number of benzene rings is 2. The van der Waals surface area contributed by atoms with Gasteiger partial charge in [-0.3, -0.25) is 0 Å². The fourth-order valence-electron chi connectivity index (χ4n) is 1.65. The van der Waals surface area contributed by atoms with Crippen LogP contribution < -0.4 is 11.1 Å². The third-order valence-electron chi connectivity index (χ3n) is 2.71. The molecular weight excluding hydrogens is 296 g/mol. The van der Waals surface area contributed by atoms with Crippen LogP contribution in [0.3, 0.4) is 0 Å². The number of hydrogen-bond donors (Lipinski definition) is 3. The van der Waals surface area contributed by atoms with E-state index in [9.17, 15) is 0 Å². The highest BCUT2D eigenvalue weighted by Gasteiger charge is 1.95. The topological polar surface area (TPSA) is 38.0 Å². The first-order chi connectivity index (χ1) is 10.1. The Kier molecular flexibility index (Phi) is 5.84. The van der Waals surface area contributed by atoms with Crippen LogP contribution >= 0.6 is 24.4 Å². The van der Waals surface area contributed by atoms with E-state index < -0.39 is 0 Å². The van der Waals surface area contributed by atoms with Crippen LogP contribution in [0.25, 0.3) is 0 Å². The van der Waals surface area contributed by atoms with Crippen LogP contribution in [0.15, 0.2) is 81.7 Å². The molecule has 21 heavy (non-hydrogen) atoms. The van der Waals surface area contributed by atoms with E-state index in [1.165, 1.54) is 17.3 Å². The fourth-order valence-corrected chi connectivity index (χ4v) is 2.55. The number of hydrogen-bond acceptors (Lipinski definition) is 4. The summed E-state index contributed by atoms with van der Waals surface area (Å²) in [6.07, 6.45) is 3.70. The van der Waals surface area contributed by atoms with Gasteiger partial charge in [0.2, 0.25) is 0 Å². The van der Waals surface area contributed by atoms with Crippen molar-refractivity contribution >= 4 is 30.1 Å². The molecule has 0 aliphatic carbocycles. The van der Waals surface area contributed by atoms with Crippen LogP contribution in [0.4, 0.5) is 5.69 Å². The SMILES string of the molecule is Cc1ccc(N/C(S)=C\C=C(/N)Sc2ccccc2)cc1. The van der Waals surface area contributed by atoms with Crippen molar-refractivity contribution in [3.63, 3.8) is 0 Å². The van der Waals surface area contributed by atoms with Gasteiger partial charge in [-0.2, -0.15) is 0 Å². The van der Waals surface area contributed by atoms with Gasteiger partial charge < -0.3 is 11.1 Å². The van der Waals surface area contributed by atoms with E-state index >= 15 is 0 Å². The van der Waals surface area contributed by atoms with Crippen LogP contribution in [0.5, 0.6) is 0 Å². The molecule has 2 nitrogen and oxygen atoms in total. The number of rotatable bonds is 5. The summed E-state index contributed by atoms with van der Waals surface area (Å²) in [5, 5.41) is 4.67. The zero-order valence-electron chi connectivity index (χ0n) is 11.8. The molecule has 0 bridgehead atoms. The molecule has 0 saturated carbocycles. The third kappa shape index (κ3) is 5.61. The first-order valence-electron chi connectivity index (χ1n) is 6.56. The van der Waals surface area contributed by atoms with Gasteiger partial charge in [0.05, 0.1) is 10.1 Å². The molecule has 0 radical (unpaired) electrons. The Morgan fingerprint density at radius 2 is 1.71 bits per heavy atom. The monoisotopic (exact) mass is 314 g/mol. The molecule has 0 aromatic heterocycles. The van der Waals surface area contributed by atoms with Crippen LogP contribution in [-0.2, 0) is 0 Å². The Labute approximate surface area is 135 Å². The van der Waals surface area contributed by atoms with Gasteiger partial charge in [0.15, 0.2) is 0 Å². The number of anilines is 1. The summed E-state index contributed by atoms with van der Waals surface area (Å²) < 4.78 is 0. The number of nitrogens with two attached hydrogens (primary N) is 1. The molecule has 3 N–H and O–H groups in total. The highest BCUT2D eigenvalue weighted by Crippen LogP contribution is 2.22. The average Bonchev–Trinajstić information content (AvgIpc) is 2.49. The molecule has 0 amide bonds. The fraction of sp³-hybridized carbons (Fsp3) is 0.0588. The second kappa shape index (κ2) is 7.86. The van der Waals surface area contributed by atoms with Gasteiger partial charge in [-0.1, -0.05) is 47.7 Å². The Hall–Kier alpha value is -1.78. The standard InChI is InChI=1S/C17H18N2S2/c1-13-7-9-14(10-8-13)19-17(20)12-11-16(18)21-15-5-3-2-4-6-15/h2-12,19-20H,18H2,1H3/b16-11+,17-12+. The Balaban J connectivity index is 1.95. The smallest absolute Gasteiger partial charge is 0.0704 e. The van der Waals surface area contributed by atoms with E-state index in [0.717, 1.165) is 20.6 Å². The first kappa shape index (κ1) is 15.6. The molecule has 108 valence electrons. The van der Waals surface area contributed by atoms with Crippen LogP contribution in [0.2, 0.25) is 0 Å². The first-order valence-corrected chi connectivity index (χ1v) is 7.83. The molecule has 0 heterocycles. The molecular formula is C17H18N2S2. The Bertz CT molecular complexity index is 632. The van der Waals surface area contributed by atoms with Crippen molar-refractivity contribution in [3.8, 4) is 0 Å². The number of aryl methyl sites for hydroxylation is 1. The third-order valence-corrected chi connectivity index (χ3v) is 3.85. The van der Waals surface area contributed by atoms with Crippen molar-refractivity contribution in [2.24, 2.45) is 5.73 Å². The lowest BCUT2D eigenvalue weighted by Gasteiger charge is -2.05. The maximum Gasteiger partial charge on any atom is 0.0704 e. The lowest BCUT2D eigenvalue weighted by Crippen LogP contribution is -1.94. The van der Waals surface area contributed by atoms with Crippen molar-refractivity contribution in [1.29, 1.82) is 0 Å². The molecule has 0 aliphatic heterocycles. The van der Waals surface area contributed by atoms with Crippen molar-refractivity contribution in [2.45, 2.75) is 11.8 Å². The summed E-state index contributed by atoms with van der Waals surface area (Å²) in [7, 11) is 0. The van der Waals surface area contributed by atoms with Crippen molar-refractivity contribution in [3.05, 3.63) is 82.4 Å². The van der Waals surface area contributed by atoms with Gasteiger partial charge in [-0.25, -0.2) is 0 Å². The van der Waals surface area contributed by atoms with Crippen LogP contribution in [0, 0.1) is 6.92 Å². The van der Waals surface area contributed by atoms with Crippen molar-refractivity contribution < 1.29 is 0 Å². The summed E-state index contributed by atoms with van der Waals surface area (Å²) in [4.78, 5) is 1.12. The van der Waals surface area contributed by atoms with Gasteiger partial charge in [0, 0.05) is 10.6 Å². The Morgan fingerprint density at radius 1 is 1.05 bits per heavy atom. The molecule has 2 aromatic carbocycles. The summed E-state index contributed by atoms with van der Waals surface area (Å²) >= 11 is 5.94. The van der Waals surface area contributed by atoms with E-state index in [0.29, 0.717) is 0 Å². The summed E-state index contributed by atoms with van der Waals surface area (Å²) in [5.41, 5.74) is 8.22. The molecule has 0 aliphatic rings. The van der Waals surface area contributed by atoms with E-state index in [2.05, 4.69) is 37.0 Å². The highest BCUT2D eigenvalue weighted by molar-refractivity contribution is 8.03. The molecule has 0 fully saturated rings. The number of allylic oxidation sites excluding steroid dienone is 2. The van der Waals surface area contributed by atoms with Gasteiger partial charge in [-0.05, 0) is 43.3 Å². The van der Waals surface area contributed by atoms with E-state index in [1.807, 2.05) is 54.6 Å². The number of nitrogens with one attached hydrogen (secondary N) is 1. The van der Waals surface area contributed by atoms with Gasteiger partial charge in [-0.15, -0.1) is 12.6 Å². The van der Waals surface area contributed by atoms with E-state index in [1.54, 1.807) is 0 Å². The van der Waals surface area contributed by atoms with E-state index in [4.69, 9.17) is 5.73 Å². The normalized spacial score (nSPS) is 12.3. The Morgan fingerprint density at radius 3 is 2.38 bits per heavy atom. The summed E-state index contributed by atoms with van der Waals surface area (Å²) in [6.45, 7) is 2.06. The maximum atomic E-state index is 5.99. The predicted molar refractivity (Wildman–Crippen MR) is 96.4 cm³/mol. The maximum absolute atomic E-state index is 5.99. The number of thiol groups is 1. The van der Waals surface area contributed by atoms with Gasteiger partial charge in [0.25, 0.3) is 0 Å². The molecule has 0 unspecified atom stereocenters. The molecule has 4 heteroatoms. The zero-order chi connectivity index (χ0) is 15.1. The van der Waals surface area contributed by atoms with Gasteiger partial charge >= 0.3 is 0 Å². The molecule has 2 aromatic rings. The van der Waals surface area contributed by atoms with Crippen LogP contribution in [-0.4, -0.2) is 0 Å². The largest absolute Gasteiger partial charge is 0.393 e. The van der Waals surface area contributed by atoms with Gasteiger partial charge in [0.1, 0.15) is 0 Å². The quantitative estimate of drug-likeness (QED) is 0.423. The second-order valence-corrected chi connectivity index (χ2v) is 6.16. The zero-order valence-corrected chi connectivity index (χ0v) is 13.5. The van der Waals surface area contributed by atoms with E-state index in [-0.39, 0.29) is 0 Å². The van der Waals surface area contributed by atoms with Crippen LogP contribution in [0.1, 0.15) is 5.56 Å². The molecule has 0 saturated heterocycles. The minimum absolute atomic E-state index is 0.721. The minimum atomic E-state index is 0.721. The minimum Gasteiger partial charge on any atom is -0.393 e. The highest BCUT2D eigenvalue weighted by atomic mass is 32.2. The average molecular weight is 314 g/mol. The summed E-state index contributed by atoms with van der Waals surface area (Å²) in [6, 6.07) is 18.2. The predicted octanol–water partition coefficient (Wildman–Crippen LogP) is 4.77. The molecule has 0 atom stereocenters. The lowest BCUT2D eigenvalue weighted by atomic mass is 10.2. The summed E-state index contributed by atoms with van der Waals surface area (Å²) in [5.74, 6) is 0. The van der Waals surface area contributed by atoms with Crippen molar-refractivity contribution in [2.75, 3.05) is 5.32 Å².